The van der Waals surface area contributed by atoms with Crippen molar-refractivity contribution in [2.45, 2.75) is 6.42 Å². The summed E-state index contributed by atoms with van der Waals surface area (Å²) in [5.74, 6) is 0.722. The summed E-state index contributed by atoms with van der Waals surface area (Å²) in [5.41, 5.74) is 0.935. The van der Waals surface area contributed by atoms with Crippen LogP contribution in [0.1, 0.15) is 6.42 Å². The molecule has 0 unspecified atom stereocenters. The van der Waals surface area contributed by atoms with Crippen LogP contribution in [-0.2, 0) is 9.47 Å². The molecule has 0 atom stereocenters. The predicted molar refractivity (Wildman–Crippen MR) is 50.1 cm³/mol. The first-order valence-corrected chi connectivity index (χ1v) is 4.40. The van der Waals surface area contributed by atoms with E-state index in [9.17, 15) is 4.79 Å². The third-order valence-corrected chi connectivity index (χ3v) is 2.15. The lowest BCUT2D eigenvalue weighted by molar-refractivity contribution is 0.106. The third kappa shape index (κ3) is 1.51. The lowest BCUT2D eigenvalue weighted by Crippen LogP contribution is -2.31. The fourth-order valence-electron chi connectivity index (χ4n) is 1.39. The lowest BCUT2D eigenvalue weighted by Gasteiger charge is -2.25. The zero-order valence-electron chi connectivity index (χ0n) is 7.90. The Morgan fingerprint density at radius 3 is 3.14 bits per heavy atom. The fourth-order valence-corrected chi connectivity index (χ4v) is 1.39. The second-order valence-corrected chi connectivity index (χ2v) is 2.98. The number of hydrogen-bond donors (Lipinski definition) is 0. The molecule has 0 bridgehead atoms. The lowest BCUT2D eigenvalue weighted by atomic mass is 10.2. The Bertz CT molecular complexity index is 341. The van der Waals surface area contributed by atoms with Gasteiger partial charge in [0.2, 0.25) is 0 Å². The van der Waals surface area contributed by atoms with Crippen molar-refractivity contribution in [2.24, 2.45) is 0 Å². The molecule has 1 fully saturated rings. The zero-order chi connectivity index (χ0) is 9.97. The normalized spacial score (nSPS) is 20.4. The maximum Gasteiger partial charge on any atom is 0.418 e. The summed E-state index contributed by atoms with van der Waals surface area (Å²) in [6, 6.07) is 0. The van der Waals surface area contributed by atoms with Crippen LogP contribution < -0.4 is 0 Å². The molecule has 1 amide bonds. The average molecular weight is 193 g/mol. The third-order valence-electron chi connectivity index (χ3n) is 2.15. The first-order chi connectivity index (χ1) is 6.81. The molecule has 0 radical (unpaired) electrons. The maximum absolute atomic E-state index is 11.3. The molecule has 0 aromatic heterocycles. The van der Waals surface area contributed by atoms with Gasteiger partial charge in [0.1, 0.15) is 5.76 Å². The van der Waals surface area contributed by atoms with E-state index in [2.05, 4.69) is 0 Å². The zero-order valence-corrected chi connectivity index (χ0v) is 7.90. The summed E-state index contributed by atoms with van der Waals surface area (Å²) in [6.07, 6.45) is 7.52. The van der Waals surface area contributed by atoms with E-state index in [0.29, 0.717) is 6.61 Å². The quantitative estimate of drug-likeness (QED) is 0.637. The average Bonchev–Trinajstić information content (AvgIpc) is 2.41. The molecule has 0 aliphatic carbocycles. The fraction of sp³-hybridized carbons (Fsp3) is 0.300. The van der Waals surface area contributed by atoms with Crippen molar-refractivity contribution in [3.63, 3.8) is 0 Å². The van der Waals surface area contributed by atoms with Crippen molar-refractivity contribution in [2.75, 3.05) is 13.7 Å². The largest absolute Gasteiger partial charge is 0.497 e. The smallest absolute Gasteiger partial charge is 0.418 e. The van der Waals surface area contributed by atoms with Crippen LogP contribution in [0.3, 0.4) is 0 Å². The first-order valence-electron chi connectivity index (χ1n) is 4.40. The van der Waals surface area contributed by atoms with Gasteiger partial charge in [0.15, 0.2) is 0 Å². The number of carbonyl (C=O) groups excluding carboxylic acids is 1. The van der Waals surface area contributed by atoms with Crippen molar-refractivity contribution >= 4 is 6.09 Å². The molecule has 0 N–H and O–H groups in total. The van der Waals surface area contributed by atoms with Gasteiger partial charge in [-0.05, 0) is 18.2 Å². The van der Waals surface area contributed by atoms with Gasteiger partial charge >= 0.3 is 6.09 Å². The van der Waals surface area contributed by atoms with Crippen molar-refractivity contribution in [1.29, 1.82) is 0 Å². The number of carbonyl (C=O) groups is 1. The van der Waals surface area contributed by atoms with Crippen LogP contribution in [0.2, 0.25) is 0 Å². The van der Waals surface area contributed by atoms with E-state index < -0.39 is 0 Å². The molecule has 14 heavy (non-hydrogen) atoms. The number of cyclic esters (lactones) is 1. The molecule has 4 nitrogen and oxygen atoms in total. The summed E-state index contributed by atoms with van der Waals surface area (Å²) in [7, 11) is 1.59. The Morgan fingerprint density at radius 2 is 2.36 bits per heavy atom. The van der Waals surface area contributed by atoms with Crippen molar-refractivity contribution in [3.05, 3.63) is 35.9 Å². The Balaban J connectivity index is 2.29. The number of nitrogens with zero attached hydrogens (tertiary/aromatic N) is 1. The molecule has 1 saturated heterocycles. The van der Waals surface area contributed by atoms with E-state index in [1.807, 2.05) is 12.2 Å². The van der Waals surface area contributed by atoms with Gasteiger partial charge in [-0.2, -0.15) is 0 Å². The van der Waals surface area contributed by atoms with Crippen LogP contribution in [0.15, 0.2) is 35.9 Å². The molecule has 2 aliphatic heterocycles. The van der Waals surface area contributed by atoms with Crippen LogP contribution in [0.25, 0.3) is 0 Å². The Hall–Kier alpha value is -1.71. The summed E-state index contributed by atoms with van der Waals surface area (Å²) in [4.78, 5) is 12.8. The number of fused-ring (bicyclic) bond motifs is 1. The van der Waals surface area contributed by atoms with Gasteiger partial charge < -0.3 is 9.47 Å². The second kappa shape index (κ2) is 3.57. The highest BCUT2D eigenvalue weighted by Gasteiger charge is 2.22. The number of amides is 1. The highest BCUT2D eigenvalue weighted by Crippen LogP contribution is 2.21. The molecule has 0 spiro atoms. The van der Waals surface area contributed by atoms with Crippen molar-refractivity contribution in [1.82, 2.24) is 4.90 Å². The van der Waals surface area contributed by atoms with Crippen LogP contribution in [-0.4, -0.2) is 24.7 Å². The molecule has 4 heteroatoms. The topological polar surface area (TPSA) is 38.8 Å². The van der Waals surface area contributed by atoms with E-state index in [-0.39, 0.29) is 6.09 Å². The van der Waals surface area contributed by atoms with E-state index in [4.69, 9.17) is 9.47 Å². The molecule has 2 aliphatic rings. The number of methoxy groups -OCH3 is 1. The molecule has 2 rings (SSSR count). The molecule has 74 valence electrons. The first kappa shape index (κ1) is 8.87. The van der Waals surface area contributed by atoms with E-state index >= 15 is 0 Å². The minimum Gasteiger partial charge on any atom is -0.497 e. The van der Waals surface area contributed by atoms with E-state index in [1.165, 1.54) is 4.90 Å². The molecule has 0 saturated carbocycles. The van der Waals surface area contributed by atoms with E-state index in [1.54, 1.807) is 19.4 Å². The number of hydrogen-bond acceptors (Lipinski definition) is 3. The van der Waals surface area contributed by atoms with Gasteiger partial charge in [0.05, 0.1) is 13.7 Å². The maximum atomic E-state index is 11.3. The Morgan fingerprint density at radius 1 is 1.50 bits per heavy atom. The summed E-state index contributed by atoms with van der Waals surface area (Å²) in [6.45, 7) is 0.450. The monoisotopic (exact) mass is 193 g/mol. The van der Waals surface area contributed by atoms with Crippen molar-refractivity contribution in [3.8, 4) is 0 Å². The standard InChI is InChI=1S/C10H11NO3/c1-13-9-3-2-8-5-7-14-10(12)11(8)6-4-9/h2-4,6H,5,7H2,1H3. The highest BCUT2D eigenvalue weighted by atomic mass is 16.6. The molecule has 2 heterocycles. The van der Waals surface area contributed by atoms with Gasteiger partial charge in [-0.15, -0.1) is 0 Å². The molecular formula is C10H11NO3. The van der Waals surface area contributed by atoms with Gasteiger partial charge in [-0.25, -0.2) is 4.79 Å². The van der Waals surface area contributed by atoms with Crippen LogP contribution in [0.5, 0.6) is 0 Å². The summed E-state index contributed by atoms with van der Waals surface area (Å²) in [5, 5.41) is 0. The SMILES string of the molecule is COC1=CC=C2CCOC(=O)N2C=C1. The minimum absolute atomic E-state index is 0.329. The van der Waals surface area contributed by atoms with Crippen molar-refractivity contribution < 1.29 is 14.3 Å². The Kier molecular flexibility index (Phi) is 2.26. The van der Waals surface area contributed by atoms with Crippen LogP contribution in [0.4, 0.5) is 4.79 Å². The summed E-state index contributed by atoms with van der Waals surface area (Å²) < 4.78 is 9.97. The molecular weight excluding hydrogens is 182 g/mol. The minimum atomic E-state index is -0.329. The number of allylic oxidation sites excluding steroid dienone is 3. The van der Waals surface area contributed by atoms with Gasteiger partial charge in [0.25, 0.3) is 0 Å². The van der Waals surface area contributed by atoms with E-state index in [0.717, 1.165) is 17.9 Å². The van der Waals surface area contributed by atoms with Gasteiger partial charge in [-0.1, -0.05) is 0 Å². The number of ether oxygens (including phenoxy) is 2. The summed E-state index contributed by atoms with van der Waals surface area (Å²) >= 11 is 0. The molecule has 0 aromatic carbocycles. The van der Waals surface area contributed by atoms with Gasteiger partial charge in [-0.3, -0.25) is 4.90 Å². The molecule has 0 aromatic rings. The predicted octanol–water partition coefficient (Wildman–Crippen LogP) is 1.77. The second-order valence-electron chi connectivity index (χ2n) is 2.98. The Labute approximate surface area is 82.1 Å². The van der Waals surface area contributed by atoms with Crippen LogP contribution in [0, 0.1) is 0 Å². The number of rotatable bonds is 1. The van der Waals surface area contributed by atoms with Crippen LogP contribution >= 0.6 is 0 Å². The van der Waals surface area contributed by atoms with Gasteiger partial charge in [0, 0.05) is 18.3 Å². The highest BCUT2D eigenvalue weighted by molar-refractivity contribution is 5.72.